The highest BCUT2D eigenvalue weighted by Gasteiger charge is 2.30. The van der Waals surface area contributed by atoms with Crippen LogP contribution in [0.1, 0.15) is 69.1 Å². The van der Waals surface area contributed by atoms with Crippen molar-refractivity contribution in [3.05, 3.63) is 136 Å². The van der Waals surface area contributed by atoms with E-state index in [-0.39, 0.29) is 69.4 Å². The molecule has 0 saturated carbocycles. The van der Waals surface area contributed by atoms with Crippen LogP contribution in [-0.4, -0.2) is 191 Å². The van der Waals surface area contributed by atoms with Crippen LogP contribution in [0, 0.1) is 40.5 Å². The molecule has 0 aliphatic heterocycles. The lowest BCUT2D eigenvalue weighted by Gasteiger charge is -2.08. The molecule has 32 nitrogen and oxygen atoms in total. The number of amides is 4. The summed E-state index contributed by atoms with van der Waals surface area (Å²) >= 11 is 0. The Morgan fingerprint density at radius 3 is 1.29 bits per heavy atom. The smallest absolute Gasteiger partial charge is 0.423 e. The Labute approximate surface area is 457 Å². The van der Waals surface area contributed by atoms with Crippen LogP contribution in [0.15, 0.2) is 72.8 Å². The van der Waals surface area contributed by atoms with E-state index in [1.807, 2.05) is 13.8 Å². The Morgan fingerprint density at radius 2 is 0.875 bits per heavy atom. The SMILES string of the molecule is CCOCCNC(=O)c1cc(B(O)O)cc([N+](=O)[O-])c1.CCOCCNC(=O)c1cc(B(O)O)ccc1[N+](=O)[O-].CCOCCNC(=O)c1ccc([N+](=O)[O-])c(B(O)O)c1.CCOCCNC(=O)c1cccc(B(O)O)c1[N+](=O)[O-]. The van der Waals surface area contributed by atoms with E-state index in [9.17, 15) is 59.6 Å². The molecule has 0 fully saturated rings. The summed E-state index contributed by atoms with van der Waals surface area (Å²) in [4.78, 5) is 87.7. The molecule has 4 amide bonds. The number of carbonyl (C=O) groups excluding carboxylic acids is 4. The second-order valence-electron chi connectivity index (χ2n) is 15.4. The number of nitrogens with one attached hydrogen (secondary N) is 4. The molecule has 0 aromatic heterocycles. The lowest BCUT2D eigenvalue weighted by Crippen LogP contribution is -2.35. The quantitative estimate of drug-likeness (QED) is 0.0112. The fourth-order valence-corrected chi connectivity index (χ4v) is 6.22. The highest BCUT2D eigenvalue weighted by molar-refractivity contribution is 6.61. The highest BCUT2D eigenvalue weighted by atomic mass is 16.6. The molecule has 4 rings (SSSR count). The number of para-hydroxylation sites is 1. The second kappa shape index (κ2) is 37.9. The Balaban J connectivity index is 0.000000533. The molecule has 0 atom stereocenters. The van der Waals surface area contributed by atoms with Gasteiger partial charge < -0.3 is 80.4 Å². The van der Waals surface area contributed by atoms with Gasteiger partial charge in [0.25, 0.3) is 46.4 Å². The third-order valence-electron chi connectivity index (χ3n) is 9.95. The number of nitro benzene ring substituents is 4. The molecule has 0 radical (unpaired) electrons. The van der Waals surface area contributed by atoms with Gasteiger partial charge in [0.15, 0.2) is 0 Å². The minimum Gasteiger partial charge on any atom is -0.423 e. The topological polar surface area (TPSA) is 488 Å². The van der Waals surface area contributed by atoms with Crippen LogP contribution in [0.5, 0.6) is 0 Å². The van der Waals surface area contributed by atoms with Crippen LogP contribution in [0.3, 0.4) is 0 Å². The van der Waals surface area contributed by atoms with Gasteiger partial charge in [0.2, 0.25) is 0 Å². The predicted octanol–water partition coefficient (Wildman–Crippen LogP) is -3.84. The van der Waals surface area contributed by atoms with E-state index < -0.39 is 88.9 Å². The standard InChI is InChI=1S/4C11H15BN2O6/c1-2-20-4-3-13-11(15)8-5-9(12(16)17)7-10(6-8)14(18)19;1-2-20-6-5-13-11(15)9-7-8(12(16)17)3-4-10(9)14(18)19;1-2-20-6-5-13-11(15)8-3-4-10(14(18)19)9(7-8)12(16)17;1-2-20-7-6-13-11(15)8-4-3-5-9(12(16)17)10(8)14(18)19/h5-7,16-17H,2-4H2,1H3,(H,13,15);2*3-4,7,16-17H,2,5-6H2,1H3,(H,13,15);3-5,16-17H,2,6-7H2,1H3,(H,13,15). The van der Waals surface area contributed by atoms with Crippen molar-refractivity contribution < 1.29 is 98.0 Å². The third-order valence-corrected chi connectivity index (χ3v) is 9.95. The van der Waals surface area contributed by atoms with E-state index in [0.29, 0.717) is 59.4 Å². The molecular weight excluding hydrogens is 1070 g/mol. The molecule has 36 heteroatoms. The Bertz CT molecular complexity index is 2660. The number of non-ortho nitro benzene ring substituents is 1. The lowest BCUT2D eigenvalue weighted by molar-refractivity contribution is -0.385. The molecule has 432 valence electrons. The summed E-state index contributed by atoms with van der Waals surface area (Å²) in [5.74, 6) is -2.35. The first kappa shape index (κ1) is 70.2. The van der Waals surface area contributed by atoms with Crippen molar-refractivity contribution in [1.82, 2.24) is 21.3 Å². The summed E-state index contributed by atoms with van der Waals surface area (Å²) in [6.45, 7) is 11.5. The Kier molecular flexibility index (Phi) is 33.2. The summed E-state index contributed by atoms with van der Waals surface area (Å²) in [5.41, 5.74) is -2.97. The maximum absolute atomic E-state index is 11.9. The molecule has 0 bridgehead atoms. The monoisotopic (exact) mass is 1130 g/mol. The van der Waals surface area contributed by atoms with Gasteiger partial charge in [-0.15, -0.1) is 0 Å². The van der Waals surface area contributed by atoms with E-state index in [0.717, 1.165) is 36.4 Å². The van der Waals surface area contributed by atoms with Gasteiger partial charge in [-0.25, -0.2) is 0 Å². The van der Waals surface area contributed by atoms with E-state index in [1.165, 1.54) is 36.4 Å². The molecule has 0 heterocycles. The van der Waals surface area contributed by atoms with E-state index in [4.69, 9.17) is 59.1 Å². The molecule has 0 aliphatic carbocycles. The van der Waals surface area contributed by atoms with E-state index >= 15 is 0 Å². The van der Waals surface area contributed by atoms with Gasteiger partial charge in [-0.2, -0.15) is 0 Å². The molecular formula is C44H60B4N8O24. The second-order valence-corrected chi connectivity index (χ2v) is 15.4. The zero-order chi connectivity index (χ0) is 60.5. The summed E-state index contributed by atoms with van der Waals surface area (Å²) in [7, 11) is -7.73. The van der Waals surface area contributed by atoms with Crippen molar-refractivity contribution in [2.24, 2.45) is 0 Å². The number of carbonyl (C=O) groups is 4. The maximum atomic E-state index is 11.9. The third kappa shape index (κ3) is 24.9. The first-order valence-electron chi connectivity index (χ1n) is 23.9. The van der Waals surface area contributed by atoms with Crippen molar-refractivity contribution in [3.63, 3.8) is 0 Å². The van der Waals surface area contributed by atoms with Gasteiger partial charge in [0, 0.05) is 88.0 Å². The first-order valence-corrected chi connectivity index (χ1v) is 23.9. The molecule has 12 N–H and O–H groups in total. The summed E-state index contributed by atoms with van der Waals surface area (Å²) in [5, 5.41) is 126. The summed E-state index contributed by atoms with van der Waals surface area (Å²) < 4.78 is 20.2. The van der Waals surface area contributed by atoms with Gasteiger partial charge in [-0.3, -0.25) is 59.6 Å². The van der Waals surface area contributed by atoms with Gasteiger partial charge in [0.1, 0.15) is 11.1 Å². The van der Waals surface area contributed by atoms with Crippen LogP contribution < -0.4 is 43.1 Å². The van der Waals surface area contributed by atoms with Gasteiger partial charge in [-0.05, 0) is 69.0 Å². The van der Waals surface area contributed by atoms with Crippen molar-refractivity contribution in [2.45, 2.75) is 27.7 Å². The number of nitrogens with zero attached hydrogens (tertiary/aromatic N) is 4. The molecule has 80 heavy (non-hydrogen) atoms. The van der Waals surface area contributed by atoms with Gasteiger partial charge in [-0.1, -0.05) is 18.2 Å². The number of hydrogen-bond acceptors (Lipinski definition) is 24. The molecule has 0 spiro atoms. The molecule has 0 unspecified atom stereocenters. The Hall–Kier alpha value is -7.86. The number of benzene rings is 4. The Morgan fingerprint density at radius 1 is 0.438 bits per heavy atom. The average molecular weight is 1130 g/mol. The molecule has 4 aromatic carbocycles. The van der Waals surface area contributed by atoms with Gasteiger partial charge >= 0.3 is 28.5 Å². The number of ether oxygens (including phenoxy) is 4. The predicted molar refractivity (Wildman–Crippen MR) is 287 cm³/mol. The van der Waals surface area contributed by atoms with Crippen molar-refractivity contribution in [3.8, 4) is 0 Å². The zero-order valence-electron chi connectivity index (χ0n) is 43.6. The fraction of sp³-hybridized carbons (Fsp3) is 0.364. The minimum absolute atomic E-state index is 0.00515. The summed E-state index contributed by atoms with van der Waals surface area (Å²) in [6, 6.07) is 13.8. The minimum atomic E-state index is -2.02. The fourth-order valence-electron chi connectivity index (χ4n) is 6.22. The zero-order valence-corrected chi connectivity index (χ0v) is 43.6. The van der Waals surface area contributed by atoms with Crippen LogP contribution in [-0.2, 0) is 18.9 Å². The number of nitro groups is 4. The first-order chi connectivity index (χ1) is 37.9. The maximum Gasteiger partial charge on any atom is 0.495 e. The summed E-state index contributed by atoms with van der Waals surface area (Å²) in [6.07, 6.45) is 0. The van der Waals surface area contributed by atoms with Crippen molar-refractivity contribution in [1.29, 1.82) is 0 Å². The largest absolute Gasteiger partial charge is 0.495 e. The van der Waals surface area contributed by atoms with Crippen molar-refractivity contribution in [2.75, 3.05) is 79.0 Å². The van der Waals surface area contributed by atoms with Crippen molar-refractivity contribution >= 4 is 96.7 Å². The van der Waals surface area contributed by atoms with Gasteiger partial charge in [0.05, 0.1) is 57.0 Å². The van der Waals surface area contributed by atoms with Crippen LogP contribution in [0.4, 0.5) is 22.7 Å². The molecule has 0 aliphatic rings. The van der Waals surface area contributed by atoms with Crippen LogP contribution in [0.2, 0.25) is 0 Å². The molecule has 4 aromatic rings. The van der Waals surface area contributed by atoms with Crippen LogP contribution in [0.25, 0.3) is 0 Å². The van der Waals surface area contributed by atoms with Crippen LogP contribution >= 0.6 is 0 Å². The average Bonchev–Trinajstić information content (AvgIpc) is 3.42. The normalized spacial score (nSPS) is 10.2. The van der Waals surface area contributed by atoms with E-state index in [2.05, 4.69) is 21.3 Å². The highest BCUT2D eigenvalue weighted by Crippen LogP contribution is 2.18. The number of rotatable bonds is 28. The number of hydrogen-bond donors (Lipinski definition) is 12. The molecule has 0 saturated heterocycles. The lowest BCUT2D eigenvalue weighted by atomic mass is 9.78. The van der Waals surface area contributed by atoms with E-state index in [1.54, 1.807) is 13.8 Å².